The number of piperidine rings is 1. The number of methoxy groups -OCH3 is 2. The van der Waals surface area contributed by atoms with E-state index in [1.807, 2.05) is 17.0 Å². The van der Waals surface area contributed by atoms with Gasteiger partial charge in [0, 0.05) is 63.9 Å². The van der Waals surface area contributed by atoms with Gasteiger partial charge in [-0.3, -0.25) is 19.2 Å². The van der Waals surface area contributed by atoms with Crippen LogP contribution in [0.2, 0.25) is 0 Å². The minimum Gasteiger partial charge on any atom is -0.493 e. The van der Waals surface area contributed by atoms with Gasteiger partial charge in [0.25, 0.3) is 0 Å². The van der Waals surface area contributed by atoms with E-state index in [-0.39, 0.29) is 48.1 Å². The molecule has 2 atom stereocenters. The highest BCUT2D eigenvalue weighted by molar-refractivity contribution is 5.83. The third kappa shape index (κ3) is 7.02. The fraction of sp³-hybridized carbons (Fsp3) is 0.655. The second kappa shape index (κ2) is 13.2. The SMILES string of the molecule is COc1cc2cc(c1OC)CCCNC(=O)C[C@@H]1CC[C@H](CNC(=O)CC2)N1C(=O)C1CCN(C(C)=O)CC1. The molecule has 10 heteroatoms. The Kier molecular flexibility index (Phi) is 9.69. The fourth-order valence-electron chi connectivity index (χ4n) is 6.18. The molecule has 0 saturated carbocycles. The zero-order valence-electron chi connectivity index (χ0n) is 23.4. The Labute approximate surface area is 230 Å². The average molecular weight is 543 g/mol. The summed E-state index contributed by atoms with van der Waals surface area (Å²) in [4.78, 5) is 54.9. The van der Waals surface area contributed by atoms with Crippen LogP contribution in [0.4, 0.5) is 0 Å². The predicted molar refractivity (Wildman–Crippen MR) is 145 cm³/mol. The Hall–Kier alpha value is -3.30. The maximum atomic E-state index is 13.7. The van der Waals surface area contributed by atoms with E-state index >= 15 is 0 Å². The van der Waals surface area contributed by atoms with Gasteiger partial charge in [0.1, 0.15) is 0 Å². The van der Waals surface area contributed by atoms with Crippen LogP contribution in [0.15, 0.2) is 12.1 Å². The first-order chi connectivity index (χ1) is 18.8. The largest absolute Gasteiger partial charge is 0.493 e. The van der Waals surface area contributed by atoms with E-state index in [1.54, 1.807) is 26.0 Å². The molecule has 3 aliphatic rings. The van der Waals surface area contributed by atoms with E-state index in [4.69, 9.17) is 9.47 Å². The van der Waals surface area contributed by atoms with Crippen molar-refractivity contribution in [3.8, 4) is 11.5 Å². The molecular weight excluding hydrogens is 500 g/mol. The molecule has 4 bridgehead atoms. The van der Waals surface area contributed by atoms with E-state index in [0.29, 0.717) is 69.8 Å². The summed E-state index contributed by atoms with van der Waals surface area (Å²) in [6.45, 7) is 3.58. The summed E-state index contributed by atoms with van der Waals surface area (Å²) >= 11 is 0. The summed E-state index contributed by atoms with van der Waals surface area (Å²) in [5.74, 6) is 1.07. The number of ether oxygens (including phenoxy) is 2. The Balaban J connectivity index is 1.49. The number of hydrogen-bond donors (Lipinski definition) is 2. The third-order valence-corrected chi connectivity index (χ3v) is 8.32. The van der Waals surface area contributed by atoms with Gasteiger partial charge in [0.05, 0.1) is 14.2 Å². The molecule has 3 aliphatic heterocycles. The first kappa shape index (κ1) is 28.7. The summed E-state index contributed by atoms with van der Waals surface area (Å²) in [5, 5.41) is 6.08. The second-order valence-electron chi connectivity index (χ2n) is 10.9. The van der Waals surface area contributed by atoms with Crippen molar-refractivity contribution in [2.45, 2.75) is 76.8 Å². The van der Waals surface area contributed by atoms with Crippen LogP contribution in [0.3, 0.4) is 0 Å². The molecule has 1 aromatic carbocycles. The van der Waals surface area contributed by atoms with Gasteiger partial charge in [-0.15, -0.1) is 0 Å². The minimum atomic E-state index is -0.194. The van der Waals surface area contributed by atoms with Crippen LogP contribution in [0.1, 0.15) is 63.0 Å². The van der Waals surface area contributed by atoms with Crippen molar-refractivity contribution >= 4 is 23.6 Å². The molecule has 39 heavy (non-hydrogen) atoms. The first-order valence-corrected chi connectivity index (χ1v) is 14.2. The van der Waals surface area contributed by atoms with Crippen molar-refractivity contribution in [1.82, 2.24) is 20.4 Å². The van der Waals surface area contributed by atoms with Crippen LogP contribution in [-0.4, -0.2) is 85.9 Å². The Morgan fingerprint density at radius 2 is 1.64 bits per heavy atom. The first-order valence-electron chi connectivity index (χ1n) is 14.2. The van der Waals surface area contributed by atoms with Gasteiger partial charge in [0.2, 0.25) is 23.6 Å². The molecule has 10 nitrogen and oxygen atoms in total. The zero-order valence-corrected chi connectivity index (χ0v) is 23.4. The molecule has 4 rings (SSSR count). The molecule has 0 aromatic heterocycles. The van der Waals surface area contributed by atoms with Crippen molar-refractivity contribution in [3.05, 3.63) is 23.3 Å². The highest BCUT2D eigenvalue weighted by Gasteiger charge is 2.41. The normalized spacial score (nSPS) is 23.5. The number of fused-ring (bicyclic) bond motifs is 4. The summed E-state index contributed by atoms with van der Waals surface area (Å²) in [6.07, 6.45) is 5.26. The van der Waals surface area contributed by atoms with Crippen LogP contribution < -0.4 is 20.1 Å². The number of aryl methyl sites for hydroxylation is 2. The summed E-state index contributed by atoms with van der Waals surface area (Å²) in [5.41, 5.74) is 1.97. The number of likely N-dealkylation sites (tertiary alicyclic amines) is 1. The number of benzene rings is 1. The van der Waals surface area contributed by atoms with Crippen LogP contribution in [0, 0.1) is 5.92 Å². The van der Waals surface area contributed by atoms with Crippen LogP contribution in [0.5, 0.6) is 11.5 Å². The quantitative estimate of drug-likeness (QED) is 0.602. The number of nitrogens with zero attached hydrogens (tertiary/aromatic N) is 2. The van der Waals surface area contributed by atoms with Gasteiger partial charge in [-0.2, -0.15) is 0 Å². The smallest absolute Gasteiger partial charge is 0.226 e. The number of carbonyl (C=O) groups is 4. The number of nitrogens with one attached hydrogen (secondary N) is 2. The maximum absolute atomic E-state index is 13.7. The third-order valence-electron chi connectivity index (χ3n) is 8.32. The van der Waals surface area contributed by atoms with Crippen LogP contribution in [0.25, 0.3) is 0 Å². The lowest BCUT2D eigenvalue weighted by molar-refractivity contribution is -0.143. The fourth-order valence-corrected chi connectivity index (χ4v) is 6.18. The lowest BCUT2D eigenvalue weighted by Crippen LogP contribution is -2.51. The standard InChI is InChI=1S/C29H42N4O6/c1-19(34)32-13-10-21(11-14-32)29(37)33-23-7-8-24(33)18-31-26(35)9-6-20-15-22(5-4-12-30-27(36)17-23)28(39-3)25(16-20)38-2/h15-16,21,23-24H,4-14,17-18H2,1-3H3,(H,30,36)(H,31,35)/t23-,24+/m0/s1. The molecule has 0 unspecified atom stereocenters. The van der Waals surface area contributed by atoms with Gasteiger partial charge in [0.15, 0.2) is 11.5 Å². The highest BCUT2D eigenvalue weighted by atomic mass is 16.5. The number of hydrogen-bond acceptors (Lipinski definition) is 6. The Morgan fingerprint density at radius 1 is 0.897 bits per heavy atom. The molecule has 0 spiro atoms. The van der Waals surface area contributed by atoms with Crippen LogP contribution >= 0.6 is 0 Å². The number of amides is 4. The molecule has 3 heterocycles. The van der Waals surface area contributed by atoms with E-state index in [2.05, 4.69) is 10.6 Å². The van der Waals surface area contributed by atoms with E-state index in [9.17, 15) is 19.2 Å². The molecule has 0 aliphatic carbocycles. The van der Waals surface area contributed by atoms with Crippen molar-refractivity contribution in [2.75, 3.05) is 40.4 Å². The number of carbonyl (C=O) groups excluding carboxylic acids is 4. The summed E-state index contributed by atoms with van der Waals surface area (Å²) < 4.78 is 11.1. The van der Waals surface area contributed by atoms with E-state index < -0.39 is 0 Å². The van der Waals surface area contributed by atoms with E-state index in [1.165, 1.54) is 0 Å². The molecule has 2 N–H and O–H groups in total. The lowest BCUT2D eigenvalue weighted by atomic mass is 9.94. The number of rotatable bonds is 3. The molecular formula is C29H42N4O6. The zero-order chi connectivity index (χ0) is 27.9. The van der Waals surface area contributed by atoms with Gasteiger partial charge in [-0.1, -0.05) is 6.07 Å². The highest BCUT2D eigenvalue weighted by Crippen LogP contribution is 2.34. The van der Waals surface area contributed by atoms with Crippen molar-refractivity contribution in [3.63, 3.8) is 0 Å². The Morgan fingerprint density at radius 3 is 2.33 bits per heavy atom. The molecule has 2 saturated heterocycles. The van der Waals surface area contributed by atoms with Crippen molar-refractivity contribution in [2.24, 2.45) is 5.92 Å². The molecule has 2 fully saturated rings. The molecule has 1 aromatic rings. The summed E-state index contributed by atoms with van der Waals surface area (Å²) in [6, 6.07) is 3.62. The monoisotopic (exact) mass is 542 g/mol. The summed E-state index contributed by atoms with van der Waals surface area (Å²) in [7, 11) is 3.21. The molecule has 4 amide bonds. The Bertz CT molecular complexity index is 1070. The van der Waals surface area contributed by atoms with Crippen molar-refractivity contribution < 1.29 is 28.7 Å². The predicted octanol–water partition coefficient (Wildman–Crippen LogP) is 1.82. The van der Waals surface area contributed by atoms with Gasteiger partial charge in [-0.25, -0.2) is 0 Å². The average Bonchev–Trinajstić information content (AvgIpc) is 3.33. The second-order valence-corrected chi connectivity index (χ2v) is 10.9. The van der Waals surface area contributed by atoms with E-state index in [0.717, 1.165) is 30.4 Å². The minimum absolute atomic E-state index is 0.0320. The van der Waals surface area contributed by atoms with Gasteiger partial charge in [-0.05, 0) is 62.1 Å². The molecule has 0 radical (unpaired) electrons. The topological polar surface area (TPSA) is 117 Å². The lowest BCUT2D eigenvalue weighted by Gasteiger charge is -2.37. The van der Waals surface area contributed by atoms with Gasteiger partial charge < -0.3 is 29.9 Å². The van der Waals surface area contributed by atoms with Crippen molar-refractivity contribution in [1.29, 1.82) is 0 Å². The molecule has 214 valence electrons. The maximum Gasteiger partial charge on any atom is 0.226 e. The van der Waals surface area contributed by atoms with Crippen LogP contribution in [-0.2, 0) is 32.0 Å². The van der Waals surface area contributed by atoms with Gasteiger partial charge >= 0.3 is 0 Å².